The second-order valence-electron chi connectivity index (χ2n) is 5.74. The van der Waals surface area contributed by atoms with Crippen LogP contribution in [-0.2, 0) is 20.6 Å². The van der Waals surface area contributed by atoms with Crippen molar-refractivity contribution in [2.75, 3.05) is 29.4 Å². The van der Waals surface area contributed by atoms with Gasteiger partial charge in [0.2, 0.25) is 15.9 Å². The zero-order valence-corrected chi connectivity index (χ0v) is 17.8. The van der Waals surface area contributed by atoms with Gasteiger partial charge in [-0.2, -0.15) is 11.8 Å². The van der Waals surface area contributed by atoms with E-state index in [4.69, 9.17) is 23.2 Å². The van der Waals surface area contributed by atoms with Gasteiger partial charge in [-0.05, 0) is 29.8 Å². The number of nitrogens with one attached hydrogen (secondary N) is 1. The molecule has 0 saturated carbocycles. The molecule has 5 nitrogen and oxygen atoms in total. The predicted molar refractivity (Wildman–Crippen MR) is 114 cm³/mol. The van der Waals surface area contributed by atoms with Gasteiger partial charge in [0.05, 0.1) is 11.9 Å². The quantitative estimate of drug-likeness (QED) is 0.594. The van der Waals surface area contributed by atoms with Crippen molar-refractivity contribution in [2.24, 2.45) is 0 Å². The van der Waals surface area contributed by atoms with Gasteiger partial charge in [-0.25, -0.2) is 8.42 Å². The summed E-state index contributed by atoms with van der Waals surface area (Å²) in [5.74, 6) is 1.05. The lowest BCUT2D eigenvalue weighted by Crippen LogP contribution is -2.41. The summed E-state index contributed by atoms with van der Waals surface area (Å²) in [7, 11) is -3.61. The maximum absolute atomic E-state index is 12.2. The zero-order chi connectivity index (χ0) is 19.9. The summed E-state index contributed by atoms with van der Waals surface area (Å²) in [5.41, 5.74) is 1.40. The molecule has 0 aliphatic heterocycles. The zero-order valence-electron chi connectivity index (χ0n) is 14.7. The largest absolute Gasteiger partial charge is 0.354 e. The molecule has 2 aromatic carbocycles. The van der Waals surface area contributed by atoms with Crippen molar-refractivity contribution in [1.29, 1.82) is 0 Å². The van der Waals surface area contributed by atoms with E-state index in [2.05, 4.69) is 5.32 Å². The molecule has 0 bridgehead atoms. The number of thioether (sulfide) groups is 1. The SMILES string of the molecule is CS(=O)(=O)N(CC(=O)NCCSCc1ccccc1Cl)c1cccc(Cl)c1. The summed E-state index contributed by atoms with van der Waals surface area (Å²) in [6.07, 6.45) is 1.06. The van der Waals surface area contributed by atoms with Crippen LogP contribution in [0.4, 0.5) is 5.69 Å². The second kappa shape index (κ2) is 10.2. The van der Waals surface area contributed by atoms with Crippen LogP contribution < -0.4 is 9.62 Å². The molecule has 1 amide bonds. The van der Waals surface area contributed by atoms with Gasteiger partial charge in [-0.15, -0.1) is 0 Å². The fourth-order valence-electron chi connectivity index (χ4n) is 2.28. The highest BCUT2D eigenvalue weighted by molar-refractivity contribution is 7.98. The van der Waals surface area contributed by atoms with E-state index in [1.54, 1.807) is 30.0 Å². The van der Waals surface area contributed by atoms with Gasteiger partial charge >= 0.3 is 0 Å². The molecular formula is C18H20Cl2N2O3S2. The lowest BCUT2D eigenvalue weighted by molar-refractivity contribution is -0.119. The molecule has 0 heterocycles. The Balaban J connectivity index is 1.83. The first kappa shape index (κ1) is 21.9. The van der Waals surface area contributed by atoms with Crippen LogP contribution in [0.2, 0.25) is 10.0 Å². The van der Waals surface area contributed by atoms with Crippen LogP contribution in [0, 0.1) is 0 Å². The fourth-order valence-corrected chi connectivity index (χ4v) is 4.45. The number of rotatable bonds is 9. The van der Waals surface area contributed by atoms with E-state index >= 15 is 0 Å². The Morgan fingerprint density at radius 2 is 1.89 bits per heavy atom. The Hall–Kier alpha value is -1.41. The van der Waals surface area contributed by atoms with Gasteiger partial charge in [0.15, 0.2) is 0 Å². The first-order valence-electron chi connectivity index (χ1n) is 8.08. The number of carbonyl (C=O) groups is 1. The molecule has 0 fully saturated rings. The third kappa shape index (κ3) is 7.25. The third-order valence-corrected chi connectivity index (χ3v) is 6.32. The standard InChI is InChI=1S/C18H20Cl2N2O3S2/c1-27(24,25)22(16-7-4-6-15(19)11-16)12-18(23)21-9-10-26-13-14-5-2-3-8-17(14)20/h2-8,11H,9-10,12-13H2,1H3,(H,21,23). The maximum Gasteiger partial charge on any atom is 0.240 e. The smallest absolute Gasteiger partial charge is 0.240 e. The molecule has 2 rings (SSSR count). The summed E-state index contributed by atoms with van der Waals surface area (Å²) < 4.78 is 25.1. The van der Waals surface area contributed by atoms with Gasteiger partial charge in [0.25, 0.3) is 0 Å². The molecule has 0 aliphatic carbocycles. The Labute approximate surface area is 174 Å². The van der Waals surface area contributed by atoms with Crippen LogP contribution >= 0.6 is 35.0 Å². The summed E-state index contributed by atoms with van der Waals surface area (Å²) >= 11 is 13.7. The van der Waals surface area contributed by atoms with Crippen molar-refractivity contribution >= 4 is 56.6 Å². The van der Waals surface area contributed by atoms with Crippen LogP contribution in [0.1, 0.15) is 5.56 Å². The van der Waals surface area contributed by atoms with Crippen LogP contribution in [0.3, 0.4) is 0 Å². The van der Waals surface area contributed by atoms with Gasteiger partial charge in [0, 0.05) is 28.1 Å². The average molecular weight is 447 g/mol. The van der Waals surface area contributed by atoms with Crippen molar-refractivity contribution < 1.29 is 13.2 Å². The molecule has 0 spiro atoms. The van der Waals surface area contributed by atoms with Crippen LogP contribution in [-0.4, -0.2) is 39.4 Å². The minimum atomic E-state index is -3.61. The molecule has 0 aliphatic rings. The number of sulfonamides is 1. The summed E-state index contributed by atoms with van der Waals surface area (Å²) in [5, 5.41) is 3.86. The van der Waals surface area contributed by atoms with Crippen molar-refractivity contribution in [1.82, 2.24) is 5.32 Å². The molecular weight excluding hydrogens is 427 g/mol. The van der Waals surface area contributed by atoms with Gasteiger partial charge in [-0.3, -0.25) is 9.10 Å². The molecule has 0 aromatic heterocycles. The molecule has 2 aromatic rings. The first-order chi connectivity index (χ1) is 12.8. The minimum absolute atomic E-state index is 0.297. The number of hydrogen-bond acceptors (Lipinski definition) is 4. The molecule has 1 N–H and O–H groups in total. The molecule has 0 radical (unpaired) electrons. The first-order valence-corrected chi connectivity index (χ1v) is 11.8. The highest BCUT2D eigenvalue weighted by Crippen LogP contribution is 2.22. The predicted octanol–water partition coefficient (Wildman–Crippen LogP) is 3.81. The van der Waals surface area contributed by atoms with E-state index in [1.807, 2.05) is 24.3 Å². The molecule has 27 heavy (non-hydrogen) atoms. The number of carbonyl (C=O) groups excluding carboxylic acids is 1. The average Bonchev–Trinajstić information content (AvgIpc) is 2.60. The van der Waals surface area contributed by atoms with E-state index < -0.39 is 10.0 Å². The van der Waals surface area contributed by atoms with E-state index in [0.29, 0.717) is 23.0 Å². The second-order valence-corrected chi connectivity index (χ2v) is 9.60. The number of nitrogens with zero attached hydrogens (tertiary/aromatic N) is 1. The van der Waals surface area contributed by atoms with E-state index in [1.165, 1.54) is 6.07 Å². The van der Waals surface area contributed by atoms with Crippen LogP contribution in [0.15, 0.2) is 48.5 Å². The van der Waals surface area contributed by atoms with Crippen molar-refractivity contribution in [3.05, 3.63) is 64.1 Å². The molecule has 0 unspecified atom stereocenters. The van der Waals surface area contributed by atoms with Crippen molar-refractivity contribution in [3.63, 3.8) is 0 Å². The summed E-state index contributed by atoms with van der Waals surface area (Å²) in [6.45, 7) is 0.134. The van der Waals surface area contributed by atoms with Crippen LogP contribution in [0.25, 0.3) is 0 Å². The number of halogens is 2. The third-order valence-electron chi connectivity index (χ3n) is 3.57. The topological polar surface area (TPSA) is 66.5 Å². The molecule has 9 heteroatoms. The Morgan fingerprint density at radius 3 is 2.56 bits per heavy atom. The monoisotopic (exact) mass is 446 g/mol. The maximum atomic E-state index is 12.2. The number of hydrogen-bond donors (Lipinski definition) is 1. The Bertz CT molecular complexity index is 892. The highest BCUT2D eigenvalue weighted by atomic mass is 35.5. The number of anilines is 1. The molecule has 146 valence electrons. The molecule has 0 saturated heterocycles. The Kier molecular flexibility index (Phi) is 8.28. The van der Waals surface area contributed by atoms with E-state index in [9.17, 15) is 13.2 Å². The summed E-state index contributed by atoms with van der Waals surface area (Å²) in [4.78, 5) is 12.2. The van der Waals surface area contributed by atoms with E-state index in [-0.39, 0.29) is 12.5 Å². The van der Waals surface area contributed by atoms with Crippen LogP contribution in [0.5, 0.6) is 0 Å². The molecule has 0 atom stereocenters. The summed E-state index contributed by atoms with van der Waals surface area (Å²) in [6, 6.07) is 14.0. The van der Waals surface area contributed by atoms with Gasteiger partial charge in [-0.1, -0.05) is 47.5 Å². The number of benzene rings is 2. The number of amides is 1. The minimum Gasteiger partial charge on any atom is -0.354 e. The highest BCUT2D eigenvalue weighted by Gasteiger charge is 2.20. The lowest BCUT2D eigenvalue weighted by Gasteiger charge is -2.22. The van der Waals surface area contributed by atoms with Gasteiger partial charge in [0.1, 0.15) is 6.54 Å². The van der Waals surface area contributed by atoms with Gasteiger partial charge < -0.3 is 5.32 Å². The Morgan fingerprint density at radius 1 is 1.15 bits per heavy atom. The lowest BCUT2D eigenvalue weighted by atomic mass is 10.2. The normalized spacial score (nSPS) is 11.2. The fraction of sp³-hybridized carbons (Fsp3) is 0.278. The van der Waals surface area contributed by atoms with E-state index in [0.717, 1.165) is 26.9 Å². The van der Waals surface area contributed by atoms with Crippen molar-refractivity contribution in [2.45, 2.75) is 5.75 Å². The van der Waals surface area contributed by atoms with Crippen molar-refractivity contribution in [3.8, 4) is 0 Å².